The SMILES string of the molecule is Cc1ccc2c(c1)[cH-]c1cc(C)ccc12.[Cl-].[Cl-].[Hf]. The van der Waals surface area contributed by atoms with Crippen molar-refractivity contribution >= 4 is 21.5 Å². The van der Waals surface area contributed by atoms with E-state index < -0.39 is 0 Å². The van der Waals surface area contributed by atoms with Crippen LogP contribution in [-0.4, -0.2) is 0 Å². The van der Waals surface area contributed by atoms with E-state index in [0.717, 1.165) is 0 Å². The fraction of sp³-hybridized carbons (Fsp3) is 0.133. The van der Waals surface area contributed by atoms with E-state index in [1.54, 1.807) is 0 Å². The summed E-state index contributed by atoms with van der Waals surface area (Å²) in [7, 11) is 0. The minimum absolute atomic E-state index is 0. The molecule has 0 heterocycles. The Bertz CT molecular complexity index is 600. The third-order valence-electron chi connectivity index (χ3n) is 3.02. The number of aryl methyl sites for hydroxylation is 2. The zero-order chi connectivity index (χ0) is 10.4. The van der Waals surface area contributed by atoms with Gasteiger partial charge in [0.2, 0.25) is 0 Å². The van der Waals surface area contributed by atoms with Crippen molar-refractivity contribution in [3.05, 3.63) is 53.6 Å². The van der Waals surface area contributed by atoms with Crippen LogP contribution in [0.2, 0.25) is 0 Å². The Morgan fingerprint density at radius 3 is 1.50 bits per heavy atom. The Morgan fingerprint density at radius 1 is 0.722 bits per heavy atom. The van der Waals surface area contributed by atoms with E-state index in [2.05, 4.69) is 56.3 Å². The second-order valence-corrected chi connectivity index (χ2v) is 4.33. The van der Waals surface area contributed by atoms with Crippen molar-refractivity contribution in [2.75, 3.05) is 0 Å². The van der Waals surface area contributed by atoms with Crippen LogP contribution in [0.15, 0.2) is 42.5 Å². The Labute approximate surface area is 139 Å². The number of halogens is 2. The van der Waals surface area contributed by atoms with Crippen molar-refractivity contribution in [1.29, 1.82) is 0 Å². The number of fused-ring (bicyclic) bond motifs is 3. The monoisotopic (exact) mass is 443 g/mol. The summed E-state index contributed by atoms with van der Waals surface area (Å²) < 4.78 is 0. The Morgan fingerprint density at radius 2 is 1.11 bits per heavy atom. The molecule has 0 aliphatic carbocycles. The van der Waals surface area contributed by atoms with Gasteiger partial charge in [-0.25, -0.2) is 0 Å². The molecule has 0 nitrogen and oxygen atoms in total. The molecule has 0 aliphatic rings. The van der Waals surface area contributed by atoms with Gasteiger partial charge in [-0.15, -0.1) is 39.7 Å². The molecule has 3 rings (SSSR count). The standard InChI is InChI=1S/C15H13.2ClH.Hf/c1-10-3-5-14-12(7-10)9-13-8-11(2)4-6-15(13)14;;;/h3-9H,1-2H3;2*1H;/q-1;;;/p-2. The van der Waals surface area contributed by atoms with Gasteiger partial charge in [-0.3, -0.25) is 0 Å². The summed E-state index contributed by atoms with van der Waals surface area (Å²) in [4.78, 5) is 0. The minimum Gasteiger partial charge on any atom is -1.00 e. The molecule has 3 heteroatoms. The predicted molar refractivity (Wildman–Crippen MR) is 66.5 cm³/mol. The van der Waals surface area contributed by atoms with Crippen LogP contribution in [0.3, 0.4) is 0 Å². The largest absolute Gasteiger partial charge is 1.00 e. The van der Waals surface area contributed by atoms with Crippen LogP contribution in [-0.2, 0) is 25.8 Å². The second-order valence-electron chi connectivity index (χ2n) is 4.33. The average Bonchev–Trinajstić information content (AvgIpc) is 2.53. The molecule has 94 valence electrons. The molecule has 0 N–H and O–H groups in total. The molecule has 3 aromatic carbocycles. The molecule has 0 radical (unpaired) electrons. The first-order valence-electron chi connectivity index (χ1n) is 5.30. The van der Waals surface area contributed by atoms with Crippen molar-refractivity contribution in [2.45, 2.75) is 13.8 Å². The van der Waals surface area contributed by atoms with Crippen LogP contribution < -0.4 is 24.8 Å². The molecular formula is C15H13Cl2Hf-3. The summed E-state index contributed by atoms with van der Waals surface area (Å²) in [5.41, 5.74) is 2.66. The molecule has 0 amide bonds. The first-order valence-corrected chi connectivity index (χ1v) is 5.30. The van der Waals surface area contributed by atoms with Gasteiger partial charge in [-0.05, 0) is 13.8 Å². The maximum Gasteiger partial charge on any atom is 0 e. The maximum atomic E-state index is 2.28. The maximum absolute atomic E-state index is 2.28. The molecule has 0 spiro atoms. The number of benzene rings is 2. The van der Waals surface area contributed by atoms with E-state index in [-0.39, 0.29) is 50.7 Å². The van der Waals surface area contributed by atoms with Gasteiger partial charge >= 0.3 is 0 Å². The number of rotatable bonds is 0. The number of hydrogen-bond donors (Lipinski definition) is 0. The second kappa shape index (κ2) is 6.79. The summed E-state index contributed by atoms with van der Waals surface area (Å²) in [6.07, 6.45) is 0. The zero-order valence-corrected chi connectivity index (χ0v) is 15.4. The Hall–Kier alpha value is -0.240. The van der Waals surface area contributed by atoms with Crippen molar-refractivity contribution in [3.8, 4) is 0 Å². The summed E-state index contributed by atoms with van der Waals surface area (Å²) in [6.45, 7) is 4.28. The van der Waals surface area contributed by atoms with E-state index in [0.29, 0.717) is 0 Å². The van der Waals surface area contributed by atoms with Crippen LogP contribution in [0.5, 0.6) is 0 Å². The van der Waals surface area contributed by atoms with Gasteiger partial charge < -0.3 is 24.8 Å². The molecule has 0 aliphatic heterocycles. The quantitative estimate of drug-likeness (QED) is 0.289. The smallest absolute Gasteiger partial charge is 0 e. The van der Waals surface area contributed by atoms with Crippen molar-refractivity contribution in [3.63, 3.8) is 0 Å². The summed E-state index contributed by atoms with van der Waals surface area (Å²) in [5.74, 6) is 0. The third kappa shape index (κ3) is 3.01. The van der Waals surface area contributed by atoms with Crippen LogP contribution in [0.25, 0.3) is 21.5 Å². The van der Waals surface area contributed by atoms with Crippen molar-refractivity contribution in [2.24, 2.45) is 0 Å². The summed E-state index contributed by atoms with van der Waals surface area (Å²) in [5, 5.41) is 5.46. The van der Waals surface area contributed by atoms with E-state index in [4.69, 9.17) is 0 Å². The van der Waals surface area contributed by atoms with E-state index in [1.807, 2.05) is 0 Å². The molecule has 0 saturated heterocycles. The molecule has 0 unspecified atom stereocenters. The van der Waals surface area contributed by atoms with Gasteiger partial charge in [0.25, 0.3) is 0 Å². The summed E-state index contributed by atoms with van der Waals surface area (Å²) >= 11 is 0. The normalized spacial score (nSPS) is 9.44. The van der Waals surface area contributed by atoms with Crippen LogP contribution in [0.4, 0.5) is 0 Å². The topological polar surface area (TPSA) is 0 Å². The van der Waals surface area contributed by atoms with Crippen LogP contribution in [0, 0.1) is 13.8 Å². The van der Waals surface area contributed by atoms with E-state index in [9.17, 15) is 0 Å². The molecule has 0 saturated carbocycles. The van der Waals surface area contributed by atoms with Gasteiger partial charge in [-0.1, -0.05) is 35.4 Å². The van der Waals surface area contributed by atoms with Crippen LogP contribution >= 0.6 is 0 Å². The van der Waals surface area contributed by atoms with Crippen molar-refractivity contribution in [1.82, 2.24) is 0 Å². The molecule has 3 aromatic rings. The van der Waals surface area contributed by atoms with Gasteiger partial charge in [0.05, 0.1) is 0 Å². The van der Waals surface area contributed by atoms with Gasteiger partial charge in [0.1, 0.15) is 0 Å². The molecule has 0 fully saturated rings. The third-order valence-corrected chi connectivity index (χ3v) is 3.02. The molecule has 18 heavy (non-hydrogen) atoms. The fourth-order valence-electron chi connectivity index (χ4n) is 2.26. The molecule has 0 bridgehead atoms. The Kier molecular flexibility index (Phi) is 6.70. The van der Waals surface area contributed by atoms with E-state index in [1.165, 1.54) is 32.7 Å². The first-order chi connectivity index (χ1) is 7.24. The molecule has 0 atom stereocenters. The zero-order valence-electron chi connectivity index (χ0n) is 10.3. The molecular weight excluding hydrogens is 430 g/mol. The van der Waals surface area contributed by atoms with Crippen molar-refractivity contribution < 1.29 is 50.7 Å². The predicted octanol–water partition coefficient (Wildman–Crippen LogP) is -1.67. The van der Waals surface area contributed by atoms with E-state index >= 15 is 0 Å². The Balaban J connectivity index is 0.000000963. The fourth-order valence-corrected chi connectivity index (χ4v) is 2.26. The van der Waals surface area contributed by atoms with Gasteiger partial charge in [0, 0.05) is 25.8 Å². The van der Waals surface area contributed by atoms with Crippen LogP contribution in [0.1, 0.15) is 11.1 Å². The minimum atomic E-state index is 0. The average molecular weight is 443 g/mol. The van der Waals surface area contributed by atoms with Gasteiger partial charge in [0.15, 0.2) is 0 Å². The first kappa shape index (κ1) is 17.8. The summed E-state index contributed by atoms with van der Waals surface area (Å²) in [6, 6.07) is 15.6. The van der Waals surface area contributed by atoms with Gasteiger partial charge in [-0.2, -0.15) is 0 Å². The molecule has 0 aromatic heterocycles. The number of hydrogen-bond acceptors (Lipinski definition) is 0.